The highest BCUT2D eigenvalue weighted by molar-refractivity contribution is 7.93. The van der Waals surface area contributed by atoms with Gasteiger partial charge in [-0.05, 0) is 73.6 Å². The van der Waals surface area contributed by atoms with Crippen molar-refractivity contribution in [3.05, 3.63) is 82.9 Å². The third-order valence-corrected chi connectivity index (χ3v) is 11.1. The van der Waals surface area contributed by atoms with Gasteiger partial charge in [-0.3, -0.25) is 18.9 Å². The third-order valence-electron chi connectivity index (χ3n) is 9.28. The van der Waals surface area contributed by atoms with Crippen molar-refractivity contribution in [2.24, 2.45) is 5.92 Å². The van der Waals surface area contributed by atoms with Crippen molar-refractivity contribution < 1.29 is 40.3 Å². The molecule has 3 heterocycles. The fraction of sp³-hybridized carbons (Fsp3) is 0.406. The van der Waals surface area contributed by atoms with E-state index in [0.717, 1.165) is 12.8 Å². The number of fused-ring (bicyclic) bond motifs is 2. The van der Waals surface area contributed by atoms with E-state index in [1.54, 1.807) is 29.2 Å². The Hall–Kier alpha value is -4.20. The second-order valence-corrected chi connectivity index (χ2v) is 13.8. The molecule has 1 N–H and O–H groups in total. The second-order valence-electron chi connectivity index (χ2n) is 12.0. The second kappa shape index (κ2) is 11.6. The standard InChI is InChI=1S/C32H32F4N4O5S/c1-19(41)39-12-10-31(11-13-39)25-14-21(30(42)38-18-27-26(33)15-22(17-37-27)32(34,35)36)8-9-28(25)40(29(31)20-6-7-20)46(43,44)24-5-3-4-23(16-24)45-2/h3-5,8-9,14-17,20,29H,6-7,10-13,18H2,1-2H3,(H,38,42). The van der Waals surface area contributed by atoms with Gasteiger partial charge in [0.25, 0.3) is 15.9 Å². The summed E-state index contributed by atoms with van der Waals surface area (Å²) in [4.78, 5) is 30.9. The Labute approximate surface area is 263 Å². The number of benzene rings is 2. The van der Waals surface area contributed by atoms with Crippen LogP contribution in [0.15, 0.2) is 59.6 Å². The topological polar surface area (TPSA) is 109 Å². The van der Waals surface area contributed by atoms with Gasteiger partial charge in [0, 0.05) is 43.3 Å². The fourth-order valence-corrected chi connectivity index (χ4v) is 8.65. The largest absolute Gasteiger partial charge is 0.497 e. The van der Waals surface area contributed by atoms with Gasteiger partial charge in [-0.2, -0.15) is 13.2 Å². The van der Waals surface area contributed by atoms with Gasteiger partial charge in [-0.1, -0.05) is 6.07 Å². The summed E-state index contributed by atoms with van der Waals surface area (Å²) >= 11 is 0. The minimum Gasteiger partial charge on any atom is -0.497 e. The summed E-state index contributed by atoms with van der Waals surface area (Å²) in [6.07, 6.45) is -1.62. The van der Waals surface area contributed by atoms with Crippen LogP contribution in [-0.2, 0) is 33.0 Å². The number of nitrogens with one attached hydrogen (secondary N) is 1. The number of pyridine rings is 1. The van der Waals surface area contributed by atoms with E-state index >= 15 is 0 Å². The van der Waals surface area contributed by atoms with Gasteiger partial charge in [0.05, 0.1) is 41.5 Å². The minimum atomic E-state index is -4.76. The minimum absolute atomic E-state index is 0.0644. The number of anilines is 1. The summed E-state index contributed by atoms with van der Waals surface area (Å²) in [5.41, 5.74) is -0.993. The summed E-state index contributed by atoms with van der Waals surface area (Å²) in [5, 5.41) is 2.52. The van der Waals surface area contributed by atoms with Gasteiger partial charge < -0.3 is 15.0 Å². The number of carbonyl (C=O) groups is 2. The maximum absolute atomic E-state index is 14.4. The molecule has 0 radical (unpaired) electrons. The zero-order valence-electron chi connectivity index (χ0n) is 25.1. The molecule has 9 nitrogen and oxygen atoms in total. The summed E-state index contributed by atoms with van der Waals surface area (Å²) in [7, 11) is -2.65. The Bertz CT molecular complexity index is 1800. The molecule has 14 heteroatoms. The summed E-state index contributed by atoms with van der Waals surface area (Å²) < 4.78 is 88.8. The first-order valence-electron chi connectivity index (χ1n) is 14.8. The van der Waals surface area contributed by atoms with Crippen molar-refractivity contribution >= 4 is 27.5 Å². The van der Waals surface area contributed by atoms with E-state index in [1.807, 2.05) is 0 Å². The number of alkyl halides is 3. The van der Waals surface area contributed by atoms with Gasteiger partial charge in [0.1, 0.15) is 11.6 Å². The van der Waals surface area contributed by atoms with Crippen molar-refractivity contribution in [2.75, 3.05) is 24.5 Å². The van der Waals surface area contributed by atoms with Crippen molar-refractivity contribution in [3.8, 4) is 5.75 Å². The van der Waals surface area contributed by atoms with Gasteiger partial charge in [0.2, 0.25) is 5.91 Å². The van der Waals surface area contributed by atoms with Crippen LogP contribution in [0.25, 0.3) is 0 Å². The first-order valence-corrected chi connectivity index (χ1v) is 16.3. The molecule has 1 aromatic heterocycles. The van der Waals surface area contributed by atoms with Crippen molar-refractivity contribution in [3.63, 3.8) is 0 Å². The Morgan fingerprint density at radius 1 is 1.09 bits per heavy atom. The quantitative estimate of drug-likeness (QED) is 0.356. The third kappa shape index (κ3) is 5.56. The number of hydrogen-bond acceptors (Lipinski definition) is 6. The average Bonchev–Trinajstić information content (AvgIpc) is 3.83. The highest BCUT2D eigenvalue weighted by Gasteiger charge is 2.60. The number of hydrogen-bond donors (Lipinski definition) is 1. The predicted octanol–water partition coefficient (Wildman–Crippen LogP) is 5.05. The molecule has 3 aliphatic rings. The molecule has 0 bridgehead atoms. The lowest BCUT2D eigenvalue weighted by molar-refractivity contribution is -0.138. The zero-order valence-corrected chi connectivity index (χ0v) is 25.9. The monoisotopic (exact) mass is 660 g/mol. The number of nitrogens with zero attached hydrogens (tertiary/aromatic N) is 3. The van der Waals surface area contributed by atoms with Gasteiger partial charge in [-0.25, -0.2) is 12.8 Å². The number of amides is 2. The highest BCUT2D eigenvalue weighted by Crippen LogP contribution is 2.59. The molecule has 1 spiro atoms. The molecule has 46 heavy (non-hydrogen) atoms. The van der Waals surface area contributed by atoms with Crippen LogP contribution in [0.3, 0.4) is 0 Å². The van der Waals surface area contributed by atoms with Gasteiger partial charge in [0.15, 0.2) is 0 Å². The molecular formula is C32H32F4N4O5S. The van der Waals surface area contributed by atoms with Gasteiger partial charge >= 0.3 is 6.18 Å². The van der Waals surface area contributed by atoms with Crippen LogP contribution in [0.4, 0.5) is 23.2 Å². The first-order chi connectivity index (χ1) is 21.8. The molecule has 1 unspecified atom stereocenters. The molecule has 2 amide bonds. The number of likely N-dealkylation sites (tertiary alicyclic amines) is 1. The van der Waals surface area contributed by atoms with E-state index in [1.165, 1.54) is 36.5 Å². The fourth-order valence-electron chi connectivity index (χ4n) is 6.81. The van der Waals surface area contributed by atoms with E-state index in [0.29, 0.717) is 55.2 Å². The van der Waals surface area contributed by atoms with Crippen LogP contribution in [0.5, 0.6) is 5.75 Å². The van der Waals surface area contributed by atoms with Crippen LogP contribution < -0.4 is 14.4 Å². The first kappa shape index (κ1) is 31.8. The number of piperidine rings is 1. The van der Waals surface area contributed by atoms with E-state index in [4.69, 9.17) is 4.74 Å². The molecule has 1 saturated heterocycles. The molecule has 1 aliphatic carbocycles. The Kier molecular flexibility index (Phi) is 7.98. The number of methoxy groups -OCH3 is 1. The van der Waals surface area contributed by atoms with Crippen LogP contribution in [0.2, 0.25) is 0 Å². The summed E-state index contributed by atoms with van der Waals surface area (Å²) in [6, 6.07) is 10.9. The molecule has 2 fully saturated rings. The van der Waals surface area contributed by atoms with E-state index in [-0.39, 0.29) is 28.0 Å². The van der Waals surface area contributed by atoms with Crippen LogP contribution in [0.1, 0.15) is 59.8 Å². The number of aromatic nitrogens is 1. The maximum atomic E-state index is 14.4. The Morgan fingerprint density at radius 3 is 2.41 bits per heavy atom. The lowest BCUT2D eigenvalue weighted by Gasteiger charge is -2.45. The van der Waals surface area contributed by atoms with Crippen LogP contribution in [0, 0.1) is 11.7 Å². The van der Waals surface area contributed by atoms with E-state index in [9.17, 15) is 35.6 Å². The molecule has 244 valence electrons. The molecule has 6 rings (SSSR count). The Morgan fingerprint density at radius 2 is 1.80 bits per heavy atom. The van der Waals surface area contributed by atoms with Gasteiger partial charge in [-0.15, -0.1) is 0 Å². The van der Waals surface area contributed by atoms with Crippen molar-refractivity contribution in [1.29, 1.82) is 0 Å². The lowest BCUT2D eigenvalue weighted by atomic mass is 9.68. The van der Waals surface area contributed by atoms with Crippen molar-refractivity contribution in [1.82, 2.24) is 15.2 Å². The molecule has 1 atom stereocenters. The maximum Gasteiger partial charge on any atom is 0.417 e. The van der Waals surface area contributed by atoms with Crippen molar-refractivity contribution in [2.45, 2.75) is 61.7 Å². The Balaban J connectivity index is 1.38. The summed E-state index contributed by atoms with van der Waals surface area (Å²) in [5.74, 6) is -1.45. The average molecular weight is 661 g/mol. The predicted molar refractivity (Wildman–Crippen MR) is 159 cm³/mol. The number of ether oxygens (including phenoxy) is 1. The normalized spacial score (nSPS) is 19.2. The zero-order chi connectivity index (χ0) is 33.0. The smallest absolute Gasteiger partial charge is 0.417 e. The highest BCUT2D eigenvalue weighted by atomic mass is 32.2. The van der Waals surface area contributed by atoms with E-state index < -0.39 is 51.5 Å². The molecule has 2 aromatic carbocycles. The molecule has 1 saturated carbocycles. The number of sulfonamides is 1. The SMILES string of the molecule is COc1cccc(S(=O)(=O)N2c3ccc(C(=O)NCc4ncc(C(F)(F)F)cc4F)cc3C3(CCN(C(C)=O)CC3)C2C2CC2)c1. The number of halogens is 4. The molecular weight excluding hydrogens is 628 g/mol. The lowest BCUT2D eigenvalue weighted by Crippen LogP contribution is -2.54. The number of carbonyl (C=O) groups excluding carboxylic acids is 2. The summed E-state index contributed by atoms with van der Waals surface area (Å²) in [6.45, 7) is 1.87. The van der Waals surface area contributed by atoms with Crippen LogP contribution in [-0.4, -0.2) is 56.4 Å². The number of rotatable bonds is 7. The van der Waals surface area contributed by atoms with E-state index in [2.05, 4.69) is 10.3 Å². The molecule has 3 aromatic rings. The molecule has 2 aliphatic heterocycles. The van der Waals surface area contributed by atoms with Crippen LogP contribution >= 0.6 is 0 Å².